The molecule has 1 saturated carbocycles. The van der Waals surface area contributed by atoms with E-state index in [1.165, 1.54) is 12.1 Å². The van der Waals surface area contributed by atoms with Crippen LogP contribution in [0.1, 0.15) is 24.8 Å². The van der Waals surface area contributed by atoms with Crippen molar-refractivity contribution in [1.29, 1.82) is 0 Å². The average molecular weight is 314 g/mol. The lowest BCUT2D eigenvalue weighted by Crippen LogP contribution is -2.37. The van der Waals surface area contributed by atoms with Crippen LogP contribution in [0.25, 0.3) is 0 Å². The summed E-state index contributed by atoms with van der Waals surface area (Å²) in [6.45, 7) is 0.353. The quantitative estimate of drug-likeness (QED) is 0.365. The molecule has 1 aliphatic carbocycles. The molecule has 0 aromatic heterocycles. The van der Waals surface area contributed by atoms with Gasteiger partial charge in [0.05, 0.1) is 6.42 Å². The first kappa shape index (κ1) is 15.6. The summed E-state index contributed by atoms with van der Waals surface area (Å²) in [6.07, 6.45) is 2.04. The van der Waals surface area contributed by atoms with Crippen molar-refractivity contribution in [3.63, 3.8) is 0 Å². The fraction of sp³-hybridized carbons (Fsp3) is 0.429. The van der Waals surface area contributed by atoms with E-state index in [0.717, 1.165) is 12.8 Å². The van der Waals surface area contributed by atoms with Crippen LogP contribution in [-0.2, 0) is 11.2 Å². The molecule has 1 aliphatic rings. The Labute approximate surface area is 127 Å². The van der Waals surface area contributed by atoms with Crippen LogP contribution in [0.15, 0.2) is 23.4 Å². The van der Waals surface area contributed by atoms with Gasteiger partial charge in [0.15, 0.2) is 0 Å². The van der Waals surface area contributed by atoms with E-state index in [2.05, 4.69) is 5.16 Å². The summed E-state index contributed by atoms with van der Waals surface area (Å²) in [4.78, 5) is 14.0. The van der Waals surface area contributed by atoms with Crippen LogP contribution in [0.3, 0.4) is 0 Å². The molecule has 7 heteroatoms. The lowest BCUT2D eigenvalue weighted by Gasteiger charge is -2.22. The third-order valence-electron chi connectivity index (χ3n) is 3.43. The number of carbonyl (C=O) groups is 1. The highest BCUT2D eigenvalue weighted by molar-refractivity contribution is 6.31. The molecule has 0 spiro atoms. The molecule has 114 valence electrons. The van der Waals surface area contributed by atoms with Crippen LogP contribution in [0, 0.1) is 5.82 Å². The molecule has 0 aliphatic heterocycles. The van der Waals surface area contributed by atoms with E-state index in [1.807, 2.05) is 0 Å². The number of amidine groups is 1. The van der Waals surface area contributed by atoms with Gasteiger partial charge >= 0.3 is 0 Å². The fourth-order valence-corrected chi connectivity index (χ4v) is 2.37. The summed E-state index contributed by atoms with van der Waals surface area (Å²) in [7, 11) is 0. The second-order valence-electron chi connectivity index (χ2n) is 5.04. The van der Waals surface area contributed by atoms with Crippen LogP contribution in [0.4, 0.5) is 4.39 Å². The number of nitrogens with two attached hydrogens (primary N) is 1. The Kier molecular flexibility index (Phi) is 5.01. The summed E-state index contributed by atoms with van der Waals surface area (Å²) >= 11 is 5.94. The number of hydrogen-bond donors (Lipinski definition) is 2. The summed E-state index contributed by atoms with van der Waals surface area (Å²) in [5, 5.41) is 11.7. The van der Waals surface area contributed by atoms with Crippen LogP contribution >= 0.6 is 11.6 Å². The second kappa shape index (κ2) is 6.76. The highest BCUT2D eigenvalue weighted by Crippen LogP contribution is 2.28. The summed E-state index contributed by atoms with van der Waals surface area (Å²) in [5.74, 6) is -0.615. The first-order valence-electron chi connectivity index (χ1n) is 6.71. The predicted molar refractivity (Wildman–Crippen MR) is 77.9 cm³/mol. The summed E-state index contributed by atoms with van der Waals surface area (Å²) in [6, 6.07) is 4.51. The Hall–Kier alpha value is -1.82. The molecule has 5 nitrogen and oxygen atoms in total. The van der Waals surface area contributed by atoms with Crippen molar-refractivity contribution in [2.24, 2.45) is 10.9 Å². The van der Waals surface area contributed by atoms with Crippen LogP contribution in [0.5, 0.6) is 0 Å². The molecule has 0 atom stereocenters. The number of amides is 1. The molecular formula is C14H17ClFN3O2. The Morgan fingerprint density at radius 1 is 1.52 bits per heavy atom. The van der Waals surface area contributed by atoms with Gasteiger partial charge in [-0.3, -0.25) is 4.79 Å². The minimum absolute atomic E-state index is 0.0670. The molecule has 2 rings (SSSR count). The molecular weight excluding hydrogens is 297 g/mol. The molecule has 1 aromatic rings. The van der Waals surface area contributed by atoms with E-state index in [4.69, 9.17) is 22.5 Å². The highest BCUT2D eigenvalue weighted by atomic mass is 35.5. The Bertz CT molecular complexity index is 541. The van der Waals surface area contributed by atoms with Crippen LogP contribution in [-0.4, -0.2) is 34.4 Å². The molecule has 1 amide bonds. The molecule has 1 fully saturated rings. The van der Waals surface area contributed by atoms with Crippen LogP contribution in [0.2, 0.25) is 5.02 Å². The topological polar surface area (TPSA) is 78.9 Å². The van der Waals surface area contributed by atoms with E-state index >= 15 is 0 Å². The molecule has 0 saturated heterocycles. The van der Waals surface area contributed by atoms with E-state index in [0.29, 0.717) is 6.54 Å². The van der Waals surface area contributed by atoms with E-state index in [9.17, 15) is 9.18 Å². The molecule has 0 bridgehead atoms. The lowest BCUT2D eigenvalue weighted by atomic mass is 10.1. The van der Waals surface area contributed by atoms with Gasteiger partial charge in [-0.05, 0) is 25.0 Å². The third-order valence-corrected chi connectivity index (χ3v) is 3.79. The molecule has 3 N–H and O–H groups in total. The first-order chi connectivity index (χ1) is 10.0. The van der Waals surface area contributed by atoms with Crippen molar-refractivity contribution in [2.75, 3.05) is 6.54 Å². The molecule has 21 heavy (non-hydrogen) atoms. The fourth-order valence-electron chi connectivity index (χ4n) is 2.14. The van der Waals surface area contributed by atoms with Gasteiger partial charge < -0.3 is 15.8 Å². The number of oxime groups is 1. The zero-order valence-corrected chi connectivity index (χ0v) is 12.2. The van der Waals surface area contributed by atoms with Crippen molar-refractivity contribution in [3.05, 3.63) is 34.6 Å². The third kappa shape index (κ3) is 4.07. The average Bonchev–Trinajstić information content (AvgIpc) is 3.27. The Balaban J connectivity index is 2.05. The normalized spacial score (nSPS) is 15.0. The standard InChI is InChI=1S/C14H17ClFN3O2/c15-11-2-1-3-12(16)10(11)8-14(20)19(9-4-5-9)7-6-13(17)18-21/h1-3,9,21H,4-8H2,(H2,17,18). The van der Waals surface area contributed by atoms with Gasteiger partial charge in [0, 0.05) is 29.6 Å². The first-order valence-corrected chi connectivity index (χ1v) is 7.09. The maximum Gasteiger partial charge on any atom is 0.227 e. The van der Waals surface area contributed by atoms with Crippen molar-refractivity contribution in [2.45, 2.75) is 31.7 Å². The van der Waals surface area contributed by atoms with E-state index in [1.54, 1.807) is 11.0 Å². The van der Waals surface area contributed by atoms with E-state index in [-0.39, 0.29) is 41.2 Å². The Morgan fingerprint density at radius 3 is 2.81 bits per heavy atom. The zero-order valence-electron chi connectivity index (χ0n) is 11.4. The monoisotopic (exact) mass is 313 g/mol. The molecule has 1 aromatic carbocycles. The number of benzene rings is 1. The predicted octanol–water partition coefficient (Wildman–Crippen LogP) is 2.15. The number of hydrogen-bond acceptors (Lipinski definition) is 3. The minimum atomic E-state index is -0.483. The highest BCUT2D eigenvalue weighted by Gasteiger charge is 2.32. The SMILES string of the molecule is NC(CCN(C(=O)Cc1c(F)cccc1Cl)C1CC1)=NO. The second-order valence-corrected chi connectivity index (χ2v) is 5.44. The van der Waals surface area contributed by atoms with Crippen molar-refractivity contribution < 1.29 is 14.4 Å². The minimum Gasteiger partial charge on any atom is -0.409 e. The van der Waals surface area contributed by atoms with Gasteiger partial charge in [-0.15, -0.1) is 0 Å². The van der Waals surface area contributed by atoms with Gasteiger partial charge in [0.2, 0.25) is 5.91 Å². The summed E-state index contributed by atoms with van der Waals surface area (Å²) < 4.78 is 13.7. The maximum absolute atomic E-state index is 13.7. The van der Waals surface area contributed by atoms with E-state index < -0.39 is 5.82 Å². The number of halogens is 2. The van der Waals surface area contributed by atoms with Crippen molar-refractivity contribution >= 4 is 23.3 Å². The molecule has 0 heterocycles. The van der Waals surface area contributed by atoms with Crippen molar-refractivity contribution in [3.8, 4) is 0 Å². The van der Waals surface area contributed by atoms with Crippen LogP contribution < -0.4 is 5.73 Å². The molecule has 0 unspecified atom stereocenters. The van der Waals surface area contributed by atoms with Gasteiger partial charge in [0.1, 0.15) is 11.7 Å². The van der Waals surface area contributed by atoms with Gasteiger partial charge in [-0.1, -0.05) is 22.8 Å². The summed E-state index contributed by atoms with van der Waals surface area (Å²) in [5.41, 5.74) is 5.63. The number of nitrogens with zero attached hydrogens (tertiary/aromatic N) is 2. The number of rotatable bonds is 6. The lowest BCUT2D eigenvalue weighted by molar-refractivity contribution is -0.131. The van der Waals surface area contributed by atoms with Gasteiger partial charge in [-0.2, -0.15) is 0 Å². The van der Waals surface area contributed by atoms with Gasteiger partial charge in [0.25, 0.3) is 0 Å². The Morgan fingerprint density at radius 2 is 2.24 bits per heavy atom. The van der Waals surface area contributed by atoms with Crippen molar-refractivity contribution in [1.82, 2.24) is 4.90 Å². The zero-order chi connectivity index (χ0) is 15.4. The molecule has 0 radical (unpaired) electrons. The maximum atomic E-state index is 13.7. The largest absolute Gasteiger partial charge is 0.409 e. The van der Waals surface area contributed by atoms with Gasteiger partial charge in [-0.25, -0.2) is 4.39 Å². The number of carbonyl (C=O) groups excluding carboxylic acids is 1. The smallest absolute Gasteiger partial charge is 0.227 e.